The summed E-state index contributed by atoms with van der Waals surface area (Å²) < 4.78 is 28.1. The molecular weight excluding hydrogens is 302 g/mol. The predicted octanol–water partition coefficient (Wildman–Crippen LogP) is 4.45. The molecule has 1 aromatic carbocycles. The average molecular weight is 318 g/mol. The molecule has 1 fully saturated rings. The summed E-state index contributed by atoms with van der Waals surface area (Å²) in [5, 5.41) is 6.19. The first-order valence-corrected chi connectivity index (χ1v) is 8.32. The molecular formula is C17H16F2N2S. The standard InChI is InChI=1S/C17H16F2N2S/c18-10-3-4-11-14(8-10)21-17(15-2-1-7-22-15)16(11)12-9-20-6-5-13(12)19/h1-4,7-8,12-13,20-21H,5-6,9H2/t12-,13-/m1/s1. The van der Waals surface area contributed by atoms with Crippen LogP contribution in [0.3, 0.4) is 0 Å². The van der Waals surface area contributed by atoms with Gasteiger partial charge in [-0.15, -0.1) is 11.3 Å². The van der Waals surface area contributed by atoms with Gasteiger partial charge >= 0.3 is 0 Å². The monoisotopic (exact) mass is 318 g/mol. The summed E-state index contributed by atoms with van der Waals surface area (Å²) in [5.41, 5.74) is 2.63. The summed E-state index contributed by atoms with van der Waals surface area (Å²) in [6.45, 7) is 1.33. The van der Waals surface area contributed by atoms with Gasteiger partial charge in [0.05, 0.1) is 10.6 Å². The van der Waals surface area contributed by atoms with Gasteiger partial charge in [0.2, 0.25) is 0 Å². The fourth-order valence-electron chi connectivity index (χ4n) is 3.30. The minimum absolute atomic E-state index is 0.204. The largest absolute Gasteiger partial charge is 0.354 e. The molecule has 2 aromatic heterocycles. The number of rotatable bonds is 2. The Morgan fingerprint density at radius 2 is 2.14 bits per heavy atom. The number of halogens is 2. The van der Waals surface area contributed by atoms with Crippen molar-refractivity contribution in [1.29, 1.82) is 0 Å². The molecule has 0 aliphatic carbocycles. The number of aromatic nitrogens is 1. The summed E-state index contributed by atoms with van der Waals surface area (Å²) in [4.78, 5) is 4.36. The van der Waals surface area contributed by atoms with E-state index < -0.39 is 6.17 Å². The summed E-state index contributed by atoms with van der Waals surface area (Å²) in [6, 6.07) is 8.68. The lowest BCUT2D eigenvalue weighted by atomic mass is 9.87. The Morgan fingerprint density at radius 3 is 2.91 bits per heavy atom. The molecule has 2 N–H and O–H groups in total. The highest BCUT2D eigenvalue weighted by molar-refractivity contribution is 7.13. The summed E-state index contributed by atoms with van der Waals surface area (Å²) in [5.74, 6) is -0.485. The van der Waals surface area contributed by atoms with Crippen molar-refractivity contribution >= 4 is 22.2 Å². The molecule has 0 amide bonds. The van der Waals surface area contributed by atoms with Crippen molar-refractivity contribution in [1.82, 2.24) is 10.3 Å². The van der Waals surface area contributed by atoms with Gasteiger partial charge in [0.15, 0.2) is 0 Å². The Balaban J connectivity index is 1.95. The van der Waals surface area contributed by atoms with Gasteiger partial charge in [0, 0.05) is 23.4 Å². The number of hydrogen-bond acceptors (Lipinski definition) is 2. The molecule has 0 bridgehead atoms. The maximum atomic E-state index is 14.5. The maximum Gasteiger partial charge on any atom is 0.125 e. The molecule has 3 aromatic rings. The quantitative estimate of drug-likeness (QED) is 0.718. The zero-order chi connectivity index (χ0) is 15.1. The van der Waals surface area contributed by atoms with Crippen molar-refractivity contribution in [3.63, 3.8) is 0 Å². The first-order chi connectivity index (χ1) is 10.7. The number of H-pyrrole nitrogens is 1. The van der Waals surface area contributed by atoms with Crippen LogP contribution in [0.15, 0.2) is 35.7 Å². The smallest absolute Gasteiger partial charge is 0.125 e. The Hall–Kier alpha value is -1.72. The van der Waals surface area contributed by atoms with Crippen LogP contribution in [0.4, 0.5) is 8.78 Å². The lowest BCUT2D eigenvalue weighted by Crippen LogP contribution is -2.36. The minimum Gasteiger partial charge on any atom is -0.354 e. The van der Waals surface area contributed by atoms with Crippen LogP contribution in [0.1, 0.15) is 17.9 Å². The number of nitrogens with one attached hydrogen (secondary N) is 2. The van der Waals surface area contributed by atoms with Crippen LogP contribution in [0.2, 0.25) is 0 Å². The molecule has 0 spiro atoms. The number of piperidine rings is 1. The van der Waals surface area contributed by atoms with Gasteiger partial charge in [0.25, 0.3) is 0 Å². The second-order valence-corrected chi connectivity index (χ2v) is 6.64. The van der Waals surface area contributed by atoms with E-state index >= 15 is 0 Å². The number of aromatic amines is 1. The highest BCUT2D eigenvalue weighted by Gasteiger charge is 2.31. The van der Waals surface area contributed by atoms with E-state index in [1.165, 1.54) is 12.1 Å². The zero-order valence-corrected chi connectivity index (χ0v) is 12.7. The normalized spacial score (nSPS) is 22.3. The van der Waals surface area contributed by atoms with Crippen molar-refractivity contribution < 1.29 is 8.78 Å². The van der Waals surface area contributed by atoms with Crippen LogP contribution >= 0.6 is 11.3 Å². The number of thiophene rings is 1. The Bertz CT molecular complexity index is 794. The highest BCUT2D eigenvalue weighted by atomic mass is 32.1. The molecule has 1 saturated heterocycles. The van der Waals surface area contributed by atoms with Gasteiger partial charge < -0.3 is 10.3 Å². The van der Waals surface area contributed by atoms with E-state index in [0.717, 1.165) is 27.0 Å². The molecule has 2 nitrogen and oxygen atoms in total. The maximum absolute atomic E-state index is 14.5. The molecule has 0 radical (unpaired) electrons. The highest BCUT2D eigenvalue weighted by Crippen LogP contribution is 2.40. The fourth-order valence-corrected chi connectivity index (χ4v) is 4.04. The van der Waals surface area contributed by atoms with E-state index in [4.69, 9.17) is 0 Å². The third-order valence-electron chi connectivity index (χ3n) is 4.34. The molecule has 0 unspecified atom stereocenters. The predicted molar refractivity (Wildman–Crippen MR) is 86.7 cm³/mol. The minimum atomic E-state index is -0.871. The van der Waals surface area contributed by atoms with Crippen LogP contribution in [0, 0.1) is 5.82 Å². The van der Waals surface area contributed by atoms with Gasteiger partial charge in [0.1, 0.15) is 12.0 Å². The van der Waals surface area contributed by atoms with Crippen molar-refractivity contribution in [2.75, 3.05) is 13.1 Å². The lowest BCUT2D eigenvalue weighted by Gasteiger charge is -2.27. The van der Waals surface area contributed by atoms with Gasteiger partial charge in [-0.05, 0) is 48.2 Å². The van der Waals surface area contributed by atoms with Gasteiger partial charge in [-0.1, -0.05) is 6.07 Å². The number of hydrogen-bond donors (Lipinski definition) is 2. The third kappa shape index (κ3) is 2.25. The van der Waals surface area contributed by atoms with Gasteiger partial charge in [-0.25, -0.2) is 8.78 Å². The Kier molecular flexibility index (Phi) is 3.47. The van der Waals surface area contributed by atoms with Crippen LogP contribution in [-0.4, -0.2) is 24.2 Å². The van der Waals surface area contributed by atoms with Gasteiger partial charge in [-0.2, -0.15) is 0 Å². The van der Waals surface area contributed by atoms with Crippen LogP contribution in [0.5, 0.6) is 0 Å². The van der Waals surface area contributed by atoms with Crippen LogP contribution in [0.25, 0.3) is 21.5 Å². The molecule has 3 heterocycles. The number of alkyl halides is 1. The Labute approximate surface area is 131 Å². The first-order valence-electron chi connectivity index (χ1n) is 7.44. The molecule has 22 heavy (non-hydrogen) atoms. The molecule has 1 aliphatic rings. The molecule has 114 valence electrons. The first kappa shape index (κ1) is 13.9. The zero-order valence-electron chi connectivity index (χ0n) is 11.9. The van der Waals surface area contributed by atoms with Crippen molar-refractivity contribution in [2.24, 2.45) is 0 Å². The second-order valence-electron chi connectivity index (χ2n) is 5.70. The lowest BCUT2D eigenvalue weighted by molar-refractivity contribution is 0.229. The summed E-state index contributed by atoms with van der Waals surface area (Å²) in [6.07, 6.45) is -0.355. The Morgan fingerprint density at radius 1 is 1.23 bits per heavy atom. The molecule has 5 heteroatoms. The summed E-state index contributed by atoms with van der Waals surface area (Å²) >= 11 is 1.61. The van der Waals surface area contributed by atoms with E-state index in [-0.39, 0.29) is 11.7 Å². The van der Waals surface area contributed by atoms with Crippen molar-refractivity contribution in [3.05, 3.63) is 47.1 Å². The molecule has 4 rings (SSSR count). The van der Waals surface area contributed by atoms with E-state index in [9.17, 15) is 8.78 Å². The summed E-state index contributed by atoms with van der Waals surface area (Å²) in [7, 11) is 0. The van der Waals surface area contributed by atoms with E-state index in [2.05, 4.69) is 10.3 Å². The van der Waals surface area contributed by atoms with E-state index in [0.29, 0.717) is 19.5 Å². The second kappa shape index (κ2) is 5.48. The van der Waals surface area contributed by atoms with Crippen LogP contribution < -0.4 is 5.32 Å². The van der Waals surface area contributed by atoms with E-state index in [1.807, 2.05) is 17.5 Å². The topological polar surface area (TPSA) is 27.8 Å². The fraction of sp³-hybridized carbons (Fsp3) is 0.294. The molecule has 1 aliphatic heterocycles. The molecule has 0 saturated carbocycles. The van der Waals surface area contributed by atoms with Crippen molar-refractivity contribution in [3.8, 4) is 10.6 Å². The number of benzene rings is 1. The average Bonchev–Trinajstić information content (AvgIpc) is 3.14. The molecule has 2 atom stereocenters. The number of fused-ring (bicyclic) bond motifs is 1. The van der Waals surface area contributed by atoms with Crippen LogP contribution in [-0.2, 0) is 0 Å². The van der Waals surface area contributed by atoms with E-state index in [1.54, 1.807) is 17.4 Å². The SMILES string of the molecule is Fc1ccc2c([C@@H]3CNCC[C@H]3F)c(-c3cccs3)[nH]c2c1. The van der Waals surface area contributed by atoms with Gasteiger partial charge in [-0.3, -0.25) is 0 Å². The van der Waals surface area contributed by atoms with Crippen molar-refractivity contribution in [2.45, 2.75) is 18.5 Å². The third-order valence-corrected chi connectivity index (χ3v) is 5.22.